The first-order valence-electron chi connectivity index (χ1n) is 5.83. The van der Waals surface area contributed by atoms with Crippen LogP contribution in [0.3, 0.4) is 0 Å². The quantitative estimate of drug-likeness (QED) is 0.295. The van der Waals surface area contributed by atoms with Crippen LogP contribution in [0.4, 0.5) is 0 Å². The molecule has 3 nitrogen and oxygen atoms in total. The van der Waals surface area contributed by atoms with Crippen LogP contribution in [-0.4, -0.2) is 13.2 Å². The number of hydrogen-bond donors (Lipinski definition) is 3. The third-order valence-electron chi connectivity index (χ3n) is 2.94. The van der Waals surface area contributed by atoms with Crippen LogP contribution in [0.25, 0.3) is 0 Å². The van der Waals surface area contributed by atoms with E-state index in [1.54, 1.807) is 0 Å². The van der Waals surface area contributed by atoms with E-state index >= 15 is 0 Å². The molecule has 0 heterocycles. The highest BCUT2D eigenvalue weighted by Crippen LogP contribution is 2.22. The van der Waals surface area contributed by atoms with Crippen molar-refractivity contribution in [3.8, 4) is 0 Å². The fourth-order valence-corrected chi connectivity index (χ4v) is 1.74. The maximum absolute atomic E-state index is 5.22. The number of rotatable bonds is 6. The zero-order valence-electron chi connectivity index (χ0n) is 10.5. The summed E-state index contributed by atoms with van der Waals surface area (Å²) in [6.45, 7) is 8.18. The van der Waals surface area contributed by atoms with Crippen LogP contribution in [0.1, 0.15) is 31.9 Å². The molecule has 3 heteroatoms. The van der Waals surface area contributed by atoms with Crippen molar-refractivity contribution >= 4 is 0 Å². The molecule has 0 saturated heterocycles. The number of aryl methyl sites for hydroxylation is 1. The molecule has 4 N–H and O–H groups in total. The van der Waals surface area contributed by atoms with Crippen molar-refractivity contribution < 1.29 is 0 Å². The summed E-state index contributed by atoms with van der Waals surface area (Å²) in [5, 5.41) is 3.27. The smallest absolute Gasteiger partial charge is 0.0587 e. The van der Waals surface area contributed by atoms with Gasteiger partial charge < -0.3 is 5.32 Å². The van der Waals surface area contributed by atoms with Gasteiger partial charge in [0, 0.05) is 12.0 Å². The van der Waals surface area contributed by atoms with Gasteiger partial charge in [-0.15, -0.1) is 0 Å². The molecule has 0 fully saturated rings. The van der Waals surface area contributed by atoms with Gasteiger partial charge in [0.2, 0.25) is 0 Å². The predicted octanol–water partition coefficient (Wildman–Crippen LogP) is 1.54. The Bertz CT molecular complexity index is 303. The van der Waals surface area contributed by atoms with Crippen molar-refractivity contribution in [1.82, 2.24) is 10.7 Å². The van der Waals surface area contributed by atoms with Gasteiger partial charge in [-0.1, -0.05) is 45.0 Å². The fraction of sp³-hybridized carbons (Fsp3) is 0.538. The molecule has 1 rings (SSSR count). The lowest BCUT2D eigenvalue weighted by Crippen LogP contribution is -2.40. The van der Waals surface area contributed by atoms with Crippen LogP contribution in [0.5, 0.6) is 0 Å². The summed E-state index contributed by atoms with van der Waals surface area (Å²) in [6.07, 6.45) is 1.09. The van der Waals surface area contributed by atoms with Crippen LogP contribution in [0, 0.1) is 0 Å². The van der Waals surface area contributed by atoms with Gasteiger partial charge >= 0.3 is 0 Å². The largest absolute Gasteiger partial charge is 0.303 e. The topological polar surface area (TPSA) is 50.1 Å². The van der Waals surface area contributed by atoms with E-state index < -0.39 is 0 Å². The lowest BCUT2D eigenvalue weighted by atomic mass is 9.84. The zero-order valence-corrected chi connectivity index (χ0v) is 10.5. The Labute approximate surface area is 98.4 Å². The molecule has 0 spiro atoms. The van der Waals surface area contributed by atoms with E-state index in [1.807, 2.05) is 0 Å². The number of nitrogens with two attached hydrogens (primary N) is 1. The molecule has 1 aromatic rings. The number of benzene rings is 1. The van der Waals surface area contributed by atoms with Crippen molar-refractivity contribution in [2.75, 3.05) is 13.2 Å². The Morgan fingerprint density at radius 1 is 1.19 bits per heavy atom. The zero-order chi connectivity index (χ0) is 12.0. The van der Waals surface area contributed by atoms with Gasteiger partial charge in [0.15, 0.2) is 0 Å². The Hall–Kier alpha value is -0.900. The normalized spacial score (nSPS) is 11.8. The standard InChI is InChI=1S/C13H23N3/c1-4-11-5-7-12(8-6-11)13(2,3)9-15-10-16-14/h5-8,15-16H,4,9-10,14H2,1-3H3. The summed E-state index contributed by atoms with van der Waals surface area (Å²) in [5.41, 5.74) is 5.47. The summed E-state index contributed by atoms with van der Waals surface area (Å²) in [6, 6.07) is 8.85. The maximum atomic E-state index is 5.22. The van der Waals surface area contributed by atoms with E-state index in [4.69, 9.17) is 5.84 Å². The van der Waals surface area contributed by atoms with E-state index in [1.165, 1.54) is 11.1 Å². The third-order valence-corrected chi connectivity index (χ3v) is 2.94. The predicted molar refractivity (Wildman–Crippen MR) is 69.0 cm³/mol. The van der Waals surface area contributed by atoms with Crippen molar-refractivity contribution in [2.24, 2.45) is 5.84 Å². The summed E-state index contributed by atoms with van der Waals surface area (Å²) in [7, 11) is 0. The summed E-state index contributed by atoms with van der Waals surface area (Å²) >= 11 is 0. The second-order valence-electron chi connectivity index (χ2n) is 4.74. The molecule has 0 amide bonds. The van der Waals surface area contributed by atoms with Gasteiger partial charge in [-0.05, 0) is 17.5 Å². The van der Waals surface area contributed by atoms with Crippen LogP contribution in [0.2, 0.25) is 0 Å². The molecule has 16 heavy (non-hydrogen) atoms. The lowest BCUT2D eigenvalue weighted by molar-refractivity contribution is 0.454. The Morgan fingerprint density at radius 3 is 2.31 bits per heavy atom. The van der Waals surface area contributed by atoms with Crippen LogP contribution < -0.4 is 16.6 Å². The van der Waals surface area contributed by atoms with Gasteiger partial charge in [-0.2, -0.15) is 0 Å². The summed E-state index contributed by atoms with van der Waals surface area (Å²) in [4.78, 5) is 0. The van der Waals surface area contributed by atoms with Gasteiger partial charge in [0.25, 0.3) is 0 Å². The molecule has 1 aromatic carbocycles. The van der Waals surface area contributed by atoms with Crippen LogP contribution in [-0.2, 0) is 11.8 Å². The minimum absolute atomic E-state index is 0.128. The molecule has 0 radical (unpaired) electrons. The molecule has 90 valence electrons. The third kappa shape index (κ3) is 3.59. The number of hydrogen-bond acceptors (Lipinski definition) is 3. The fourth-order valence-electron chi connectivity index (χ4n) is 1.74. The van der Waals surface area contributed by atoms with Crippen LogP contribution >= 0.6 is 0 Å². The van der Waals surface area contributed by atoms with Crippen LogP contribution in [0.15, 0.2) is 24.3 Å². The van der Waals surface area contributed by atoms with Crippen molar-refractivity contribution in [2.45, 2.75) is 32.6 Å². The molecule has 0 aliphatic rings. The molecule has 0 saturated carbocycles. The van der Waals surface area contributed by atoms with E-state index in [0.29, 0.717) is 6.67 Å². The number of hydrazine groups is 1. The van der Waals surface area contributed by atoms with E-state index in [0.717, 1.165) is 13.0 Å². The molecule has 0 atom stereocenters. The average molecular weight is 221 g/mol. The molecule has 0 aliphatic carbocycles. The maximum Gasteiger partial charge on any atom is 0.0587 e. The monoisotopic (exact) mass is 221 g/mol. The molecular formula is C13H23N3. The molecule has 0 bridgehead atoms. The van der Waals surface area contributed by atoms with Crippen molar-refractivity contribution in [3.63, 3.8) is 0 Å². The number of nitrogens with one attached hydrogen (secondary N) is 2. The van der Waals surface area contributed by atoms with Crippen molar-refractivity contribution in [1.29, 1.82) is 0 Å². The first kappa shape index (κ1) is 13.2. The summed E-state index contributed by atoms with van der Waals surface area (Å²) < 4.78 is 0. The van der Waals surface area contributed by atoms with Gasteiger partial charge in [0.1, 0.15) is 0 Å². The van der Waals surface area contributed by atoms with E-state index in [9.17, 15) is 0 Å². The first-order valence-corrected chi connectivity index (χ1v) is 5.83. The molecular weight excluding hydrogens is 198 g/mol. The SMILES string of the molecule is CCc1ccc(C(C)(C)CNCNN)cc1. The molecule has 0 unspecified atom stereocenters. The highest BCUT2D eigenvalue weighted by atomic mass is 15.3. The summed E-state index contributed by atoms with van der Waals surface area (Å²) in [5.74, 6) is 5.22. The second-order valence-corrected chi connectivity index (χ2v) is 4.74. The lowest BCUT2D eigenvalue weighted by Gasteiger charge is -2.26. The second kappa shape index (κ2) is 5.99. The highest BCUT2D eigenvalue weighted by Gasteiger charge is 2.19. The minimum atomic E-state index is 0.128. The minimum Gasteiger partial charge on any atom is -0.303 e. The average Bonchev–Trinajstić information content (AvgIpc) is 2.29. The van der Waals surface area contributed by atoms with Gasteiger partial charge in [0.05, 0.1) is 6.67 Å². The van der Waals surface area contributed by atoms with E-state index in [-0.39, 0.29) is 5.41 Å². The first-order chi connectivity index (χ1) is 7.60. The van der Waals surface area contributed by atoms with Gasteiger partial charge in [-0.25, -0.2) is 5.43 Å². The Kier molecular flexibility index (Phi) is 4.93. The van der Waals surface area contributed by atoms with Crippen molar-refractivity contribution in [3.05, 3.63) is 35.4 Å². The Balaban J connectivity index is 2.65. The molecule has 0 aromatic heterocycles. The highest BCUT2D eigenvalue weighted by molar-refractivity contribution is 5.28. The Morgan fingerprint density at radius 2 is 1.81 bits per heavy atom. The van der Waals surface area contributed by atoms with E-state index in [2.05, 4.69) is 55.8 Å². The molecule has 0 aliphatic heterocycles. The van der Waals surface area contributed by atoms with Gasteiger partial charge in [-0.3, -0.25) is 5.84 Å².